The third kappa shape index (κ3) is 4.51. The first kappa shape index (κ1) is 14.9. The third-order valence-electron chi connectivity index (χ3n) is 3.37. The van der Waals surface area contributed by atoms with Crippen LogP contribution in [0.4, 0.5) is 0 Å². The van der Waals surface area contributed by atoms with Crippen LogP contribution in [-0.2, 0) is 6.54 Å². The van der Waals surface area contributed by atoms with Gasteiger partial charge in [-0.15, -0.1) is 0 Å². The van der Waals surface area contributed by atoms with Gasteiger partial charge in [0.15, 0.2) is 0 Å². The van der Waals surface area contributed by atoms with Gasteiger partial charge in [0.2, 0.25) is 0 Å². The molecule has 19 heavy (non-hydrogen) atoms. The molecule has 0 bridgehead atoms. The zero-order valence-electron chi connectivity index (χ0n) is 12.5. The number of thioether (sulfide) groups is 1. The maximum atomic E-state index is 3.66. The summed E-state index contributed by atoms with van der Waals surface area (Å²) in [5.41, 5.74) is 2.78. The molecule has 1 fully saturated rings. The Bertz CT molecular complexity index is 394. The van der Waals surface area contributed by atoms with Crippen molar-refractivity contribution >= 4 is 11.8 Å². The molecule has 0 amide bonds. The molecule has 0 spiro atoms. The van der Waals surface area contributed by atoms with Gasteiger partial charge in [-0.2, -0.15) is 11.8 Å². The molecule has 1 heterocycles. The Hall–Kier alpha value is -0.510. The molecule has 0 radical (unpaired) electrons. The highest BCUT2D eigenvalue weighted by molar-refractivity contribution is 8.01. The summed E-state index contributed by atoms with van der Waals surface area (Å²) >= 11 is 2.10. The summed E-state index contributed by atoms with van der Waals surface area (Å²) in [4.78, 5) is 0. The van der Waals surface area contributed by atoms with Crippen molar-refractivity contribution in [2.24, 2.45) is 0 Å². The molecular weight excluding hydrogens is 252 g/mol. The van der Waals surface area contributed by atoms with Crippen LogP contribution in [0.15, 0.2) is 24.3 Å². The maximum absolute atomic E-state index is 3.66. The van der Waals surface area contributed by atoms with E-state index in [1.807, 2.05) is 7.05 Å². The molecular formula is C16H26N2S. The van der Waals surface area contributed by atoms with Crippen molar-refractivity contribution < 1.29 is 0 Å². The summed E-state index contributed by atoms with van der Waals surface area (Å²) in [6.45, 7) is 8.98. The second kappa shape index (κ2) is 6.29. The minimum Gasteiger partial charge on any atom is -0.316 e. The van der Waals surface area contributed by atoms with E-state index in [-0.39, 0.29) is 0 Å². The van der Waals surface area contributed by atoms with E-state index in [0.717, 1.165) is 18.3 Å². The predicted octanol–water partition coefficient (Wildman–Crippen LogP) is 3.34. The molecule has 1 aromatic rings. The normalized spacial score (nSPS) is 23.8. The number of nitrogens with one attached hydrogen (secondary N) is 2. The topological polar surface area (TPSA) is 24.1 Å². The van der Waals surface area contributed by atoms with Crippen molar-refractivity contribution in [1.29, 1.82) is 0 Å². The van der Waals surface area contributed by atoms with Gasteiger partial charge in [0.1, 0.15) is 0 Å². The summed E-state index contributed by atoms with van der Waals surface area (Å²) in [6, 6.07) is 9.54. The van der Waals surface area contributed by atoms with E-state index in [9.17, 15) is 0 Å². The van der Waals surface area contributed by atoms with Gasteiger partial charge in [0.25, 0.3) is 0 Å². The molecule has 1 aliphatic heterocycles. The molecule has 2 nitrogen and oxygen atoms in total. The minimum atomic E-state index is 0.359. The minimum absolute atomic E-state index is 0.359. The molecule has 2 rings (SSSR count). The van der Waals surface area contributed by atoms with Crippen LogP contribution in [0.3, 0.4) is 0 Å². The van der Waals surface area contributed by atoms with Gasteiger partial charge in [-0.05, 0) is 24.6 Å². The van der Waals surface area contributed by atoms with Crippen molar-refractivity contribution in [3.63, 3.8) is 0 Å². The highest BCUT2D eigenvalue weighted by Gasteiger charge is 2.28. The van der Waals surface area contributed by atoms with Gasteiger partial charge in [-0.25, -0.2) is 0 Å². The van der Waals surface area contributed by atoms with E-state index in [0.29, 0.717) is 10.8 Å². The van der Waals surface area contributed by atoms with Crippen LogP contribution in [0.2, 0.25) is 0 Å². The third-order valence-corrected chi connectivity index (χ3v) is 4.77. The molecule has 0 aromatic heterocycles. The lowest BCUT2D eigenvalue weighted by Crippen LogP contribution is -2.18. The Labute approximate surface area is 121 Å². The van der Waals surface area contributed by atoms with Gasteiger partial charge in [0.05, 0.1) is 0 Å². The molecule has 1 aromatic carbocycles. The SMILES string of the molecule is CNCc1ccc(C2CC(SC(C)(C)C)CN2)cc1. The lowest BCUT2D eigenvalue weighted by Gasteiger charge is -2.22. The number of rotatable bonds is 4. The summed E-state index contributed by atoms with van der Waals surface area (Å²) in [6.07, 6.45) is 1.24. The fourth-order valence-corrected chi connectivity index (χ4v) is 4.09. The van der Waals surface area contributed by atoms with E-state index in [1.54, 1.807) is 0 Å². The van der Waals surface area contributed by atoms with Crippen LogP contribution < -0.4 is 10.6 Å². The number of hydrogen-bond acceptors (Lipinski definition) is 3. The van der Waals surface area contributed by atoms with E-state index in [2.05, 4.69) is 67.4 Å². The summed E-state index contributed by atoms with van der Waals surface area (Å²) in [5.74, 6) is 0. The molecule has 0 aliphatic carbocycles. The largest absolute Gasteiger partial charge is 0.316 e. The Morgan fingerprint density at radius 3 is 2.53 bits per heavy atom. The highest BCUT2D eigenvalue weighted by atomic mass is 32.2. The monoisotopic (exact) mass is 278 g/mol. The summed E-state index contributed by atoms with van der Waals surface area (Å²) < 4.78 is 0.359. The second-order valence-corrected chi connectivity index (χ2v) is 8.45. The Balaban J connectivity index is 1.93. The Kier molecular flexibility index (Phi) is 4.93. The fraction of sp³-hybridized carbons (Fsp3) is 0.625. The second-order valence-electron chi connectivity index (χ2n) is 6.32. The van der Waals surface area contributed by atoms with Crippen molar-refractivity contribution in [1.82, 2.24) is 10.6 Å². The van der Waals surface area contributed by atoms with Gasteiger partial charge in [-0.1, -0.05) is 45.0 Å². The quantitative estimate of drug-likeness (QED) is 0.883. The Morgan fingerprint density at radius 2 is 1.95 bits per heavy atom. The van der Waals surface area contributed by atoms with Crippen molar-refractivity contribution in [2.75, 3.05) is 13.6 Å². The zero-order chi connectivity index (χ0) is 13.9. The van der Waals surface area contributed by atoms with Crippen LogP contribution in [0.25, 0.3) is 0 Å². The highest BCUT2D eigenvalue weighted by Crippen LogP contribution is 2.36. The van der Waals surface area contributed by atoms with Crippen molar-refractivity contribution in [2.45, 2.75) is 49.8 Å². The number of benzene rings is 1. The first-order valence-corrected chi connectivity index (χ1v) is 8.00. The van der Waals surface area contributed by atoms with E-state index >= 15 is 0 Å². The summed E-state index contributed by atoms with van der Waals surface area (Å²) in [7, 11) is 1.99. The predicted molar refractivity (Wildman–Crippen MR) is 85.7 cm³/mol. The van der Waals surface area contributed by atoms with E-state index < -0.39 is 0 Å². The van der Waals surface area contributed by atoms with Gasteiger partial charge < -0.3 is 10.6 Å². The summed E-state index contributed by atoms with van der Waals surface area (Å²) in [5, 5.41) is 7.59. The molecule has 1 saturated heterocycles. The van der Waals surface area contributed by atoms with E-state index in [1.165, 1.54) is 17.5 Å². The van der Waals surface area contributed by atoms with Gasteiger partial charge in [-0.3, -0.25) is 0 Å². The van der Waals surface area contributed by atoms with Crippen molar-refractivity contribution in [3.8, 4) is 0 Å². The Morgan fingerprint density at radius 1 is 1.26 bits per heavy atom. The van der Waals surface area contributed by atoms with Crippen LogP contribution in [0.5, 0.6) is 0 Å². The van der Waals surface area contributed by atoms with Crippen molar-refractivity contribution in [3.05, 3.63) is 35.4 Å². The molecule has 2 atom stereocenters. The molecule has 1 aliphatic rings. The average Bonchev–Trinajstić information content (AvgIpc) is 2.76. The van der Waals surface area contributed by atoms with Gasteiger partial charge in [0, 0.05) is 29.1 Å². The van der Waals surface area contributed by atoms with Crippen LogP contribution in [0.1, 0.15) is 44.4 Å². The molecule has 2 unspecified atom stereocenters. The lowest BCUT2D eigenvalue weighted by molar-refractivity contribution is 0.647. The lowest BCUT2D eigenvalue weighted by atomic mass is 10.0. The first-order valence-electron chi connectivity index (χ1n) is 7.12. The molecule has 106 valence electrons. The van der Waals surface area contributed by atoms with Crippen LogP contribution in [0, 0.1) is 0 Å². The molecule has 2 N–H and O–H groups in total. The van der Waals surface area contributed by atoms with Gasteiger partial charge >= 0.3 is 0 Å². The first-order chi connectivity index (χ1) is 8.98. The standard InChI is InChI=1S/C16H26N2S/c1-16(2,3)19-14-9-15(18-11-14)13-7-5-12(6-8-13)10-17-4/h5-8,14-15,17-18H,9-11H2,1-4H3. The maximum Gasteiger partial charge on any atom is 0.0331 e. The number of hydrogen-bond donors (Lipinski definition) is 2. The molecule has 3 heteroatoms. The van der Waals surface area contributed by atoms with Crippen LogP contribution >= 0.6 is 11.8 Å². The average molecular weight is 278 g/mol. The molecule has 0 saturated carbocycles. The fourth-order valence-electron chi connectivity index (χ4n) is 2.62. The van der Waals surface area contributed by atoms with E-state index in [4.69, 9.17) is 0 Å². The smallest absolute Gasteiger partial charge is 0.0331 e. The zero-order valence-corrected chi connectivity index (χ0v) is 13.3. The van der Waals surface area contributed by atoms with Crippen LogP contribution in [-0.4, -0.2) is 23.6 Å².